The molecule has 0 spiro atoms. The first-order valence-corrected chi connectivity index (χ1v) is 8.46. The first-order chi connectivity index (χ1) is 10.1. The highest BCUT2D eigenvalue weighted by molar-refractivity contribution is 7.85. The molecule has 0 atom stereocenters. The summed E-state index contributed by atoms with van der Waals surface area (Å²) in [5, 5.41) is 8.76. The van der Waals surface area contributed by atoms with E-state index in [2.05, 4.69) is 11.8 Å². The minimum atomic E-state index is -0.789. The SMILES string of the molecule is Cc1c(C#CCCO)cccc1C(=O)N1CCS(=O)CC1. The summed E-state index contributed by atoms with van der Waals surface area (Å²) in [6.07, 6.45) is 0.426. The van der Waals surface area contributed by atoms with Gasteiger partial charge in [0.15, 0.2) is 0 Å². The topological polar surface area (TPSA) is 57.6 Å². The second-order valence-electron chi connectivity index (χ2n) is 4.89. The van der Waals surface area contributed by atoms with Crippen LogP contribution in [0.3, 0.4) is 0 Å². The number of nitrogens with zero attached hydrogens (tertiary/aromatic N) is 1. The number of aliphatic hydroxyl groups excluding tert-OH is 1. The third-order valence-corrected chi connectivity index (χ3v) is 4.76. The molecule has 5 heteroatoms. The van der Waals surface area contributed by atoms with E-state index in [1.807, 2.05) is 19.1 Å². The van der Waals surface area contributed by atoms with Crippen LogP contribution in [-0.4, -0.2) is 51.3 Å². The van der Waals surface area contributed by atoms with Gasteiger partial charge in [0.25, 0.3) is 5.91 Å². The van der Waals surface area contributed by atoms with Crippen LogP contribution in [0.2, 0.25) is 0 Å². The van der Waals surface area contributed by atoms with Crippen molar-refractivity contribution in [1.29, 1.82) is 0 Å². The Morgan fingerprint density at radius 3 is 2.76 bits per heavy atom. The van der Waals surface area contributed by atoms with Gasteiger partial charge in [-0.25, -0.2) is 0 Å². The fraction of sp³-hybridized carbons (Fsp3) is 0.438. The van der Waals surface area contributed by atoms with Crippen molar-refractivity contribution in [3.05, 3.63) is 34.9 Å². The Labute approximate surface area is 127 Å². The summed E-state index contributed by atoms with van der Waals surface area (Å²) in [5.41, 5.74) is 2.33. The van der Waals surface area contributed by atoms with Crippen LogP contribution in [0.15, 0.2) is 18.2 Å². The summed E-state index contributed by atoms with van der Waals surface area (Å²) in [5.74, 6) is 6.96. The molecule has 21 heavy (non-hydrogen) atoms. The smallest absolute Gasteiger partial charge is 0.254 e. The van der Waals surface area contributed by atoms with E-state index >= 15 is 0 Å². The Morgan fingerprint density at radius 1 is 1.38 bits per heavy atom. The normalized spacial score (nSPS) is 15.4. The number of carbonyl (C=O) groups is 1. The van der Waals surface area contributed by atoms with Crippen molar-refractivity contribution in [1.82, 2.24) is 4.90 Å². The minimum absolute atomic E-state index is 0.0185. The van der Waals surface area contributed by atoms with Crippen molar-refractivity contribution in [3.8, 4) is 11.8 Å². The molecule has 0 radical (unpaired) electrons. The Hall–Kier alpha value is -1.64. The predicted octanol–water partition coefficient (Wildman–Crippen LogP) is 0.933. The van der Waals surface area contributed by atoms with Crippen LogP contribution < -0.4 is 0 Å². The third kappa shape index (κ3) is 3.93. The molecule has 1 aliphatic heterocycles. The van der Waals surface area contributed by atoms with Crippen molar-refractivity contribution in [2.45, 2.75) is 13.3 Å². The molecule has 4 nitrogen and oxygen atoms in total. The molecule has 0 aliphatic carbocycles. The molecule has 1 aromatic rings. The molecule has 0 saturated carbocycles. The number of carbonyl (C=O) groups excluding carboxylic acids is 1. The maximum atomic E-state index is 12.5. The molecule has 1 saturated heterocycles. The molecule has 1 aromatic carbocycles. The largest absolute Gasteiger partial charge is 0.395 e. The summed E-state index contributed by atoms with van der Waals surface area (Å²) in [6, 6.07) is 5.51. The van der Waals surface area contributed by atoms with Gasteiger partial charge in [0.2, 0.25) is 0 Å². The summed E-state index contributed by atoms with van der Waals surface area (Å²) in [7, 11) is -0.789. The van der Waals surface area contributed by atoms with Gasteiger partial charge in [-0.1, -0.05) is 17.9 Å². The number of benzene rings is 1. The number of aliphatic hydroxyl groups is 1. The standard InChI is InChI=1S/C16H19NO3S/c1-13-14(5-2-3-10-18)6-4-7-15(13)16(19)17-8-11-21(20)12-9-17/h4,6-7,18H,3,8-12H2,1H3. The van der Waals surface area contributed by atoms with E-state index in [0.29, 0.717) is 36.6 Å². The van der Waals surface area contributed by atoms with Crippen molar-refractivity contribution in [2.75, 3.05) is 31.2 Å². The first-order valence-electron chi connectivity index (χ1n) is 6.97. The van der Waals surface area contributed by atoms with Crippen molar-refractivity contribution in [3.63, 3.8) is 0 Å². The summed E-state index contributed by atoms with van der Waals surface area (Å²) >= 11 is 0. The van der Waals surface area contributed by atoms with Gasteiger partial charge in [-0.3, -0.25) is 9.00 Å². The molecule has 1 heterocycles. The quantitative estimate of drug-likeness (QED) is 0.827. The van der Waals surface area contributed by atoms with Gasteiger partial charge in [0, 0.05) is 52.9 Å². The Morgan fingerprint density at radius 2 is 2.10 bits per heavy atom. The van der Waals surface area contributed by atoms with Crippen molar-refractivity contribution >= 4 is 16.7 Å². The lowest BCUT2D eigenvalue weighted by molar-refractivity contribution is 0.0770. The molecule has 1 fully saturated rings. The molecule has 1 amide bonds. The van der Waals surface area contributed by atoms with Gasteiger partial charge >= 0.3 is 0 Å². The van der Waals surface area contributed by atoms with Gasteiger partial charge in [-0.15, -0.1) is 0 Å². The maximum Gasteiger partial charge on any atom is 0.254 e. The van der Waals surface area contributed by atoms with Gasteiger partial charge in [-0.2, -0.15) is 0 Å². The van der Waals surface area contributed by atoms with Crippen LogP contribution in [0, 0.1) is 18.8 Å². The van der Waals surface area contributed by atoms with Crippen LogP contribution in [0.25, 0.3) is 0 Å². The van der Waals surface area contributed by atoms with E-state index < -0.39 is 10.8 Å². The highest BCUT2D eigenvalue weighted by Crippen LogP contribution is 2.16. The van der Waals surface area contributed by atoms with Crippen LogP contribution in [0.5, 0.6) is 0 Å². The van der Waals surface area contributed by atoms with E-state index in [-0.39, 0.29) is 12.5 Å². The van der Waals surface area contributed by atoms with E-state index in [1.54, 1.807) is 11.0 Å². The summed E-state index contributed by atoms with van der Waals surface area (Å²) < 4.78 is 11.4. The van der Waals surface area contributed by atoms with Gasteiger partial charge < -0.3 is 10.0 Å². The maximum absolute atomic E-state index is 12.5. The fourth-order valence-electron chi connectivity index (χ4n) is 2.23. The van der Waals surface area contributed by atoms with Crippen LogP contribution in [0.4, 0.5) is 0 Å². The van der Waals surface area contributed by atoms with Crippen LogP contribution >= 0.6 is 0 Å². The second-order valence-corrected chi connectivity index (χ2v) is 6.59. The Balaban J connectivity index is 2.20. The highest BCUT2D eigenvalue weighted by atomic mass is 32.2. The average molecular weight is 305 g/mol. The highest BCUT2D eigenvalue weighted by Gasteiger charge is 2.22. The zero-order valence-corrected chi connectivity index (χ0v) is 12.9. The van der Waals surface area contributed by atoms with Gasteiger partial charge in [-0.05, 0) is 24.6 Å². The zero-order chi connectivity index (χ0) is 15.2. The Bertz CT molecular complexity index is 606. The molecular weight excluding hydrogens is 286 g/mol. The van der Waals surface area contributed by atoms with E-state index in [0.717, 1.165) is 11.1 Å². The average Bonchev–Trinajstić information content (AvgIpc) is 2.49. The van der Waals surface area contributed by atoms with Crippen LogP contribution in [-0.2, 0) is 10.8 Å². The number of hydrogen-bond acceptors (Lipinski definition) is 3. The van der Waals surface area contributed by atoms with Crippen molar-refractivity contribution in [2.24, 2.45) is 0 Å². The lowest BCUT2D eigenvalue weighted by atomic mass is 10.0. The number of amides is 1. The minimum Gasteiger partial charge on any atom is -0.395 e. The molecule has 1 aliphatic rings. The lowest BCUT2D eigenvalue weighted by Gasteiger charge is -2.27. The van der Waals surface area contributed by atoms with E-state index in [9.17, 15) is 9.00 Å². The third-order valence-electron chi connectivity index (χ3n) is 3.49. The van der Waals surface area contributed by atoms with Crippen LogP contribution in [0.1, 0.15) is 27.9 Å². The van der Waals surface area contributed by atoms with Gasteiger partial charge in [0.1, 0.15) is 0 Å². The second kappa shape index (κ2) is 7.39. The van der Waals surface area contributed by atoms with Gasteiger partial charge in [0.05, 0.1) is 6.61 Å². The molecule has 1 N–H and O–H groups in total. The zero-order valence-electron chi connectivity index (χ0n) is 12.1. The monoisotopic (exact) mass is 305 g/mol. The summed E-state index contributed by atoms with van der Waals surface area (Å²) in [4.78, 5) is 14.3. The molecule has 2 rings (SSSR count). The van der Waals surface area contributed by atoms with E-state index in [4.69, 9.17) is 5.11 Å². The van der Waals surface area contributed by atoms with E-state index in [1.165, 1.54) is 0 Å². The first kappa shape index (κ1) is 15.7. The molecule has 0 aromatic heterocycles. The molecule has 112 valence electrons. The lowest BCUT2D eigenvalue weighted by Crippen LogP contribution is -2.42. The molecule has 0 unspecified atom stereocenters. The number of hydrogen-bond donors (Lipinski definition) is 1. The summed E-state index contributed by atoms with van der Waals surface area (Å²) in [6.45, 7) is 3.02. The Kier molecular flexibility index (Phi) is 5.54. The fourth-order valence-corrected chi connectivity index (χ4v) is 3.28. The molecular formula is C16H19NO3S. The predicted molar refractivity (Wildman–Crippen MR) is 83.5 cm³/mol. The molecule has 0 bridgehead atoms. The number of rotatable bonds is 2. The van der Waals surface area contributed by atoms with Crippen molar-refractivity contribution < 1.29 is 14.1 Å².